The van der Waals surface area contributed by atoms with Crippen LogP contribution in [0.4, 0.5) is 0 Å². The highest BCUT2D eigenvalue weighted by Crippen LogP contribution is 2.10. The molecule has 0 spiro atoms. The number of rotatable bonds is 9. The first-order chi connectivity index (χ1) is 10.4. The lowest BCUT2D eigenvalue weighted by atomic mass is 10.1. The predicted octanol–water partition coefficient (Wildman–Crippen LogP) is 4.21. The molecule has 0 unspecified atom stereocenters. The molecule has 0 aliphatic carbocycles. The van der Waals surface area contributed by atoms with Gasteiger partial charge in [-0.25, -0.2) is 4.98 Å². The summed E-state index contributed by atoms with van der Waals surface area (Å²) in [4.78, 5) is 3.33. The molecule has 0 atom stereocenters. The van der Waals surface area contributed by atoms with E-state index in [0.29, 0.717) is 0 Å². The van der Waals surface area contributed by atoms with Gasteiger partial charge in [0.15, 0.2) is 12.4 Å². The minimum absolute atomic E-state index is 1.10. The highest BCUT2D eigenvalue weighted by Gasteiger charge is 2.16. The third kappa shape index (κ3) is 5.30. The van der Waals surface area contributed by atoms with Gasteiger partial charge in [0.1, 0.15) is 6.54 Å². The molecule has 21 heavy (non-hydrogen) atoms. The Kier molecular flexibility index (Phi) is 6.93. The maximum Gasteiger partial charge on any atom is 0.277 e. The Morgan fingerprint density at radius 2 is 1.62 bits per heavy atom. The Morgan fingerprint density at radius 1 is 0.857 bits per heavy atom. The van der Waals surface area contributed by atoms with Gasteiger partial charge in [-0.1, -0.05) is 39.0 Å². The second-order valence-electron chi connectivity index (χ2n) is 5.68. The molecule has 2 aromatic rings. The van der Waals surface area contributed by atoms with Crippen molar-refractivity contribution < 1.29 is 9.55 Å². The van der Waals surface area contributed by atoms with Gasteiger partial charge in [-0.2, -0.15) is 4.57 Å². The normalized spacial score (nSPS) is 10.7. The summed E-state index contributed by atoms with van der Waals surface area (Å²) in [6.07, 6.45) is 13.7. The molecule has 112 valence electrons. The van der Waals surface area contributed by atoms with Crippen LogP contribution in [-0.2, 0) is 6.54 Å². The van der Waals surface area contributed by atoms with E-state index in [1.54, 1.807) is 0 Å². The van der Waals surface area contributed by atoms with Gasteiger partial charge in [0.2, 0.25) is 0 Å². The van der Waals surface area contributed by atoms with E-state index >= 15 is 0 Å². The Morgan fingerprint density at radius 3 is 2.38 bits per heavy atom. The van der Waals surface area contributed by atoms with E-state index in [9.17, 15) is 0 Å². The molecule has 1 N–H and O–H groups in total. The van der Waals surface area contributed by atoms with Crippen molar-refractivity contribution in [3.05, 3.63) is 48.8 Å². The number of H-pyrrole nitrogens is 1. The molecule has 0 aliphatic rings. The van der Waals surface area contributed by atoms with Crippen LogP contribution >= 0.6 is 0 Å². The lowest BCUT2D eigenvalue weighted by Crippen LogP contribution is -2.37. The van der Waals surface area contributed by atoms with E-state index < -0.39 is 0 Å². The fourth-order valence-electron chi connectivity index (χ4n) is 2.71. The number of hydrogen-bond donors (Lipinski definition) is 0. The summed E-state index contributed by atoms with van der Waals surface area (Å²) >= 11 is 0. The lowest BCUT2D eigenvalue weighted by Gasteiger charge is -2.02. The highest BCUT2D eigenvalue weighted by molar-refractivity contribution is 5.45. The van der Waals surface area contributed by atoms with Crippen molar-refractivity contribution in [2.24, 2.45) is 0 Å². The number of unbranched alkanes of at least 4 members (excludes halogenated alkanes) is 6. The summed E-state index contributed by atoms with van der Waals surface area (Å²) in [5, 5.41) is 0. The molecule has 0 aromatic carbocycles. The van der Waals surface area contributed by atoms with Crippen molar-refractivity contribution in [3.8, 4) is 11.4 Å². The largest absolute Gasteiger partial charge is 0.277 e. The number of pyridine rings is 2. The molecule has 2 rings (SSSR count). The topological polar surface area (TPSA) is 18.0 Å². The van der Waals surface area contributed by atoms with Gasteiger partial charge in [-0.05, 0) is 18.6 Å². The molecule has 0 fully saturated rings. The van der Waals surface area contributed by atoms with Gasteiger partial charge in [0.25, 0.3) is 11.4 Å². The molecule has 0 saturated heterocycles. The van der Waals surface area contributed by atoms with Crippen molar-refractivity contribution in [2.45, 2.75) is 58.4 Å². The highest BCUT2D eigenvalue weighted by atomic mass is 15.0. The van der Waals surface area contributed by atoms with Crippen molar-refractivity contribution in [3.63, 3.8) is 0 Å². The summed E-state index contributed by atoms with van der Waals surface area (Å²) in [5.74, 6) is 0. The number of aromatic nitrogens is 2. The summed E-state index contributed by atoms with van der Waals surface area (Å²) < 4.78 is 2.36. The molecule has 0 radical (unpaired) electrons. The smallest absolute Gasteiger partial charge is 0.206 e. The van der Waals surface area contributed by atoms with Gasteiger partial charge in [-0.15, -0.1) is 0 Å². The zero-order valence-corrected chi connectivity index (χ0v) is 13.2. The Bertz CT molecular complexity index is 508. The number of nitrogens with one attached hydrogen (secondary N) is 1. The first-order valence-electron chi connectivity index (χ1n) is 8.37. The molecule has 2 heterocycles. The second-order valence-corrected chi connectivity index (χ2v) is 5.68. The van der Waals surface area contributed by atoms with Crippen LogP contribution in [0.25, 0.3) is 11.4 Å². The van der Waals surface area contributed by atoms with Crippen LogP contribution < -0.4 is 9.55 Å². The van der Waals surface area contributed by atoms with Crippen LogP contribution in [0.15, 0.2) is 48.8 Å². The summed E-state index contributed by atoms with van der Waals surface area (Å²) in [6.45, 7) is 3.38. The molecule has 2 aromatic heterocycles. The van der Waals surface area contributed by atoms with Crippen molar-refractivity contribution in [1.29, 1.82) is 0 Å². The van der Waals surface area contributed by atoms with Crippen molar-refractivity contribution in [2.75, 3.05) is 0 Å². The first-order valence-corrected chi connectivity index (χ1v) is 8.37. The van der Waals surface area contributed by atoms with E-state index in [1.807, 2.05) is 12.3 Å². The molecule has 0 aliphatic heterocycles. The van der Waals surface area contributed by atoms with Gasteiger partial charge in [0.05, 0.1) is 0 Å². The Labute approximate surface area is 128 Å². The van der Waals surface area contributed by atoms with Crippen LogP contribution in [0.3, 0.4) is 0 Å². The van der Waals surface area contributed by atoms with Gasteiger partial charge >= 0.3 is 0 Å². The Balaban J connectivity index is 1.84. The summed E-state index contributed by atoms with van der Waals surface area (Å²) in [7, 11) is 0. The predicted molar refractivity (Wildman–Crippen MR) is 86.6 cm³/mol. The monoisotopic (exact) mass is 284 g/mol. The third-order valence-corrected chi connectivity index (χ3v) is 3.93. The molecule has 2 heteroatoms. The molecule has 2 nitrogen and oxygen atoms in total. The van der Waals surface area contributed by atoms with Crippen molar-refractivity contribution >= 4 is 0 Å². The van der Waals surface area contributed by atoms with E-state index in [2.05, 4.69) is 53.0 Å². The minimum Gasteiger partial charge on any atom is -0.206 e. The van der Waals surface area contributed by atoms with Crippen LogP contribution in [-0.4, -0.2) is 0 Å². The zero-order valence-electron chi connectivity index (χ0n) is 13.2. The number of aromatic amines is 1. The van der Waals surface area contributed by atoms with Crippen LogP contribution in [0.2, 0.25) is 0 Å². The average Bonchev–Trinajstić information content (AvgIpc) is 2.55. The van der Waals surface area contributed by atoms with Crippen molar-refractivity contribution in [1.82, 2.24) is 0 Å². The SMILES string of the molecule is CCCCCCCCC[n+]1ccccc1-c1cccc[nH+]1. The molecule has 0 saturated carbocycles. The Hall–Kier alpha value is -1.70. The fourth-order valence-corrected chi connectivity index (χ4v) is 2.71. The fraction of sp³-hybridized carbons (Fsp3) is 0.474. The molecule has 0 amide bonds. The quantitative estimate of drug-likeness (QED) is 0.485. The van der Waals surface area contributed by atoms with E-state index in [4.69, 9.17) is 0 Å². The van der Waals surface area contributed by atoms with Crippen LogP contribution in [0.5, 0.6) is 0 Å². The van der Waals surface area contributed by atoms with Crippen LogP contribution in [0.1, 0.15) is 51.9 Å². The third-order valence-electron chi connectivity index (χ3n) is 3.93. The molecule has 0 bridgehead atoms. The minimum atomic E-state index is 1.10. The lowest BCUT2D eigenvalue weighted by molar-refractivity contribution is -0.689. The molecular formula is C19H28N2+2. The summed E-state index contributed by atoms with van der Waals surface area (Å²) in [5.41, 5.74) is 2.45. The van der Waals surface area contributed by atoms with Gasteiger partial charge in [0, 0.05) is 30.7 Å². The summed E-state index contributed by atoms with van der Waals surface area (Å²) in [6, 6.07) is 12.7. The zero-order chi connectivity index (χ0) is 14.8. The van der Waals surface area contributed by atoms with Gasteiger partial charge in [-0.3, -0.25) is 0 Å². The van der Waals surface area contributed by atoms with E-state index in [1.165, 1.54) is 56.3 Å². The van der Waals surface area contributed by atoms with Gasteiger partial charge < -0.3 is 0 Å². The first kappa shape index (κ1) is 15.7. The number of aryl methyl sites for hydroxylation is 1. The van der Waals surface area contributed by atoms with E-state index in [0.717, 1.165) is 6.54 Å². The maximum atomic E-state index is 3.33. The maximum absolute atomic E-state index is 3.33. The number of nitrogens with zero attached hydrogens (tertiary/aromatic N) is 1. The standard InChI is InChI=1S/C19H27N2/c1-2-3-4-5-6-7-11-16-21-17-12-9-14-19(21)18-13-8-10-15-20-18/h8-10,12-15,17H,2-7,11,16H2,1H3/q+1/p+1. The number of hydrogen-bond acceptors (Lipinski definition) is 0. The second kappa shape index (κ2) is 9.28. The molecular weight excluding hydrogens is 256 g/mol. The van der Waals surface area contributed by atoms with E-state index in [-0.39, 0.29) is 0 Å². The van der Waals surface area contributed by atoms with Crippen LogP contribution in [0, 0.1) is 0 Å². The average molecular weight is 284 g/mol.